The number of nitrogens with zero attached hydrogens (tertiary/aromatic N) is 5. The Hall–Kier alpha value is -3.34. The normalized spacial score (nSPS) is 12.4. The molecule has 4 aromatic rings. The zero-order valence-electron chi connectivity index (χ0n) is 17.3. The standard InChI is InChI=1S/C21H18F3N5O2S/c1-4-32(30,31)17-7-13(14-6-5-12(2)9-25-14)10-27-19(17)20-28-15-8-18(21(22,23)24)26-11-16(15)29(20)3/h5-11H,4H2,1-3H3. The predicted molar refractivity (Wildman–Crippen MR) is 112 cm³/mol. The van der Waals surface area contributed by atoms with Crippen LogP contribution in [0.15, 0.2) is 47.8 Å². The van der Waals surface area contributed by atoms with E-state index in [4.69, 9.17) is 0 Å². The second-order valence-electron chi connectivity index (χ2n) is 7.25. The quantitative estimate of drug-likeness (QED) is 0.452. The van der Waals surface area contributed by atoms with Crippen LogP contribution in [0, 0.1) is 6.92 Å². The first-order valence-electron chi connectivity index (χ1n) is 9.57. The summed E-state index contributed by atoms with van der Waals surface area (Å²) < 4.78 is 66.4. The molecule has 0 atom stereocenters. The minimum Gasteiger partial charge on any atom is -0.324 e. The highest BCUT2D eigenvalue weighted by molar-refractivity contribution is 7.91. The lowest BCUT2D eigenvalue weighted by Gasteiger charge is -2.11. The number of rotatable bonds is 4. The van der Waals surface area contributed by atoms with Crippen molar-refractivity contribution in [2.45, 2.75) is 24.9 Å². The average Bonchev–Trinajstić information content (AvgIpc) is 3.09. The number of pyridine rings is 3. The fraction of sp³-hybridized carbons (Fsp3) is 0.238. The summed E-state index contributed by atoms with van der Waals surface area (Å²) in [4.78, 5) is 16.3. The topological polar surface area (TPSA) is 90.6 Å². The third-order valence-corrected chi connectivity index (χ3v) is 6.79. The van der Waals surface area contributed by atoms with E-state index in [2.05, 4.69) is 19.9 Å². The summed E-state index contributed by atoms with van der Waals surface area (Å²) >= 11 is 0. The van der Waals surface area contributed by atoms with Crippen LogP contribution in [0.4, 0.5) is 13.2 Å². The monoisotopic (exact) mass is 461 g/mol. The second-order valence-corrected chi connectivity index (χ2v) is 9.49. The van der Waals surface area contributed by atoms with Crippen molar-refractivity contribution < 1.29 is 21.6 Å². The molecule has 0 aromatic carbocycles. The van der Waals surface area contributed by atoms with Crippen LogP contribution in [0.25, 0.3) is 33.8 Å². The van der Waals surface area contributed by atoms with Crippen LogP contribution in [-0.4, -0.2) is 38.7 Å². The Morgan fingerprint density at radius 3 is 2.41 bits per heavy atom. The maximum atomic E-state index is 13.0. The Bertz CT molecular complexity index is 1430. The summed E-state index contributed by atoms with van der Waals surface area (Å²) in [7, 11) is -2.17. The molecule has 0 bridgehead atoms. The number of sulfone groups is 1. The highest BCUT2D eigenvalue weighted by Gasteiger charge is 2.33. The van der Waals surface area contributed by atoms with E-state index < -0.39 is 21.7 Å². The number of halogens is 3. The van der Waals surface area contributed by atoms with Gasteiger partial charge in [-0.3, -0.25) is 9.97 Å². The van der Waals surface area contributed by atoms with Crippen molar-refractivity contribution in [3.05, 3.63) is 54.1 Å². The molecule has 0 aliphatic heterocycles. The van der Waals surface area contributed by atoms with Gasteiger partial charge in [0, 0.05) is 25.0 Å². The molecule has 11 heteroatoms. The van der Waals surface area contributed by atoms with Crippen LogP contribution in [-0.2, 0) is 23.1 Å². The number of aryl methyl sites for hydroxylation is 2. The Kier molecular flexibility index (Phi) is 5.24. The lowest BCUT2D eigenvalue weighted by Crippen LogP contribution is -2.09. The molecule has 166 valence electrons. The summed E-state index contributed by atoms with van der Waals surface area (Å²) in [5.41, 5.74) is 1.33. The molecule has 0 amide bonds. The molecule has 32 heavy (non-hydrogen) atoms. The van der Waals surface area contributed by atoms with Gasteiger partial charge in [-0.05, 0) is 30.7 Å². The van der Waals surface area contributed by atoms with E-state index in [-0.39, 0.29) is 27.7 Å². The number of hydrogen-bond donors (Lipinski definition) is 0. The highest BCUT2D eigenvalue weighted by atomic mass is 32.2. The smallest absolute Gasteiger partial charge is 0.324 e. The third-order valence-electron chi connectivity index (χ3n) is 5.04. The second kappa shape index (κ2) is 7.66. The SMILES string of the molecule is CCS(=O)(=O)c1cc(-c2ccc(C)cn2)cnc1-c1nc2cc(C(F)(F)F)ncc2n1C. The van der Waals surface area contributed by atoms with E-state index in [1.54, 1.807) is 19.3 Å². The fourth-order valence-electron chi connectivity index (χ4n) is 3.24. The van der Waals surface area contributed by atoms with E-state index >= 15 is 0 Å². The summed E-state index contributed by atoms with van der Waals surface area (Å²) in [6, 6.07) is 5.91. The van der Waals surface area contributed by atoms with E-state index in [0.717, 1.165) is 17.8 Å². The third kappa shape index (κ3) is 3.83. The van der Waals surface area contributed by atoms with Crippen molar-refractivity contribution in [2.24, 2.45) is 7.05 Å². The average molecular weight is 461 g/mol. The van der Waals surface area contributed by atoms with Gasteiger partial charge in [0.2, 0.25) is 0 Å². The molecule has 7 nitrogen and oxygen atoms in total. The number of hydrogen-bond acceptors (Lipinski definition) is 6. The van der Waals surface area contributed by atoms with Gasteiger partial charge in [0.1, 0.15) is 11.4 Å². The molecule has 0 spiro atoms. The largest absolute Gasteiger partial charge is 0.433 e. The Morgan fingerprint density at radius 1 is 1.03 bits per heavy atom. The van der Waals surface area contributed by atoms with Gasteiger partial charge in [-0.15, -0.1) is 0 Å². The van der Waals surface area contributed by atoms with Crippen molar-refractivity contribution in [3.63, 3.8) is 0 Å². The number of imidazole rings is 1. The summed E-state index contributed by atoms with van der Waals surface area (Å²) in [5, 5.41) is 0. The minimum absolute atomic E-state index is 0.0377. The van der Waals surface area contributed by atoms with Crippen molar-refractivity contribution in [3.8, 4) is 22.8 Å². The summed E-state index contributed by atoms with van der Waals surface area (Å²) in [6.07, 6.45) is -0.425. The first-order chi connectivity index (χ1) is 15.0. The van der Waals surface area contributed by atoms with Crippen LogP contribution in [0.2, 0.25) is 0 Å². The van der Waals surface area contributed by atoms with E-state index in [1.165, 1.54) is 23.8 Å². The fourth-order valence-corrected chi connectivity index (χ4v) is 4.30. The number of aromatic nitrogens is 5. The molecule has 0 saturated heterocycles. The zero-order chi connectivity index (χ0) is 23.3. The molecule has 4 heterocycles. The highest BCUT2D eigenvalue weighted by Crippen LogP contribution is 2.33. The van der Waals surface area contributed by atoms with Gasteiger partial charge in [-0.25, -0.2) is 18.4 Å². The Morgan fingerprint density at radius 2 is 1.78 bits per heavy atom. The van der Waals surface area contributed by atoms with Crippen molar-refractivity contribution in [1.82, 2.24) is 24.5 Å². The van der Waals surface area contributed by atoms with Crippen molar-refractivity contribution in [2.75, 3.05) is 5.75 Å². The summed E-state index contributed by atoms with van der Waals surface area (Å²) in [6.45, 7) is 3.39. The van der Waals surface area contributed by atoms with Gasteiger partial charge in [0.25, 0.3) is 0 Å². The van der Waals surface area contributed by atoms with E-state index in [9.17, 15) is 21.6 Å². The maximum absolute atomic E-state index is 13.0. The lowest BCUT2D eigenvalue weighted by molar-refractivity contribution is -0.141. The molecule has 0 aliphatic rings. The van der Waals surface area contributed by atoms with Gasteiger partial charge in [0.05, 0.1) is 33.6 Å². The van der Waals surface area contributed by atoms with Crippen molar-refractivity contribution >= 4 is 20.9 Å². The van der Waals surface area contributed by atoms with Gasteiger partial charge in [0.15, 0.2) is 15.7 Å². The molecular formula is C21H18F3N5O2S. The number of alkyl halides is 3. The first-order valence-corrected chi connectivity index (χ1v) is 11.2. The molecule has 0 fully saturated rings. The van der Waals surface area contributed by atoms with Crippen molar-refractivity contribution in [1.29, 1.82) is 0 Å². The molecule has 0 radical (unpaired) electrons. The van der Waals surface area contributed by atoms with Crippen LogP contribution in [0.1, 0.15) is 18.2 Å². The van der Waals surface area contributed by atoms with Crippen LogP contribution < -0.4 is 0 Å². The van der Waals surface area contributed by atoms with E-state index in [0.29, 0.717) is 16.8 Å². The molecule has 0 N–H and O–H groups in total. The summed E-state index contributed by atoms with van der Waals surface area (Å²) in [5.74, 6) is -0.0625. The molecule has 0 aliphatic carbocycles. The number of fused-ring (bicyclic) bond motifs is 1. The van der Waals surface area contributed by atoms with Gasteiger partial charge >= 0.3 is 6.18 Å². The van der Waals surface area contributed by atoms with Gasteiger partial charge < -0.3 is 4.57 Å². The Balaban J connectivity index is 1.94. The predicted octanol–water partition coefficient (Wildman–Crippen LogP) is 4.21. The molecule has 4 rings (SSSR count). The molecule has 0 unspecified atom stereocenters. The van der Waals surface area contributed by atoms with Gasteiger partial charge in [-0.2, -0.15) is 13.2 Å². The maximum Gasteiger partial charge on any atom is 0.433 e. The zero-order valence-corrected chi connectivity index (χ0v) is 18.2. The minimum atomic E-state index is -4.62. The van der Waals surface area contributed by atoms with Crippen LogP contribution in [0.5, 0.6) is 0 Å². The van der Waals surface area contributed by atoms with E-state index in [1.807, 2.05) is 13.0 Å². The van der Waals surface area contributed by atoms with Gasteiger partial charge in [-0.1, -0.05) is 13.0 Å². The first kappa shape index (κ1) is 21.9. The lowest BCUT2D eigenvalue weighted by atomic mass is 10.1. The molecule has 4 aromatic heterocycles. The van der Waals surface area contributed by atoms with Crippen LogP contribution in [0.3, 0.4) is 0 Å². The Labute approximate surface area is 181 Å². The molecular weight excluding hydrogens is 443 g/mol. The molecule has 0 saturated carbocycles. The van der Waals surface area contributed by atoms with Crippen LogP contribution >= 0.6 is 0 Å².